The Hall–Kier alpha value is -1.28. The number of halogens is 2. The molecule has 2 N–H and O–H groups in total. The first-order valence-electron chi connectivity index (χ1n) is 4.52. The summed E-state index contributed by atoms with van der Waals surface area (Å²) in [6.07, 6.45) is 0. The van der Waals surface area contributed by atoms with Gasteiger partial charge < -0.3 is 10.4 Å². The number of allylic oxidation sites excluding steroid dienone is 1. The third-order valence-corrected chi connectivity index (χ3v) is 2.73. The zero-order valence-corrected chi connectivity index (χ0v) is 11.1. The van der Waals surface area contributed by atoms with Crippen molar-refractivity contribution in [1.82, 2.24) is 0 Å². The predicted molar refractivity (Wildman–Crippen MR) is 73.6 cm³/mol. The summed E-state index contributed by atoms with van der Waals surface area (Å²) in [5.41, 5.74) is 0.529. The third kappa shape index (κ3) is 3.60. The van der Waals surface area contributed by atoms with Crippen LogP contribution in [0.4, 0.5) is 5.69 Å². The Balaban J connectivity index is 2.97. The molecule has 0 heterocycles. The van der Waals surface area contributed by atoms with Crippen molar-refractivity contribution < 1.29 is 5.11 Å². The maximum atomic E-state index is 9.25. The Morgan fingerprint density at radius 2 is 2.12 bits per heavy atom. The highest BCUT2D eigenvalue weighted by atomic mass is 35.5. The third-order valence-electron chi connectivity index (χ3n) is 1.88. The molecule has 0 fully saturated rings. The Kier molecular flexibility index (Phi) is 4.76. The van der Waals surface area contributed by atoms with Gasteiger partial charge in [0.15, 0.2) is 0 Å². The first-order chi connectivity index (χ1) is 7.95. The second-order valence-electron chi connectivity index (χ2n) is 3.15. The van der Waals surface area contributed by atoms with Gasteiger partial charge in [-0.2, -0.15) is 5.26 Å². The molecule has 0 bridgehead atoms. The highest BCUT2D eigenvalue weighted by Crippen LogP contribution is 2.26. The van der Waals surface area contributed by atoms with Gasteiger partial charge in [-0.15, -0.1) is 0 Å². The lowest BCUT2D eigenvalue weighted by Gasteiger charge is -2.09. The zero-order chi connectivity index (χ0) is 13.0. The average Bonchev–Trinajstić information content (AvgIpc) is 2.22. The van der Waals surface area contributed by atoms with E-state index in [-0.39, 0.29) is 16.3 Å². The minimum atomic E-state index is -0.143. The minimum Gasteiger partial charge on any atom is -0.511 e. The Labute approximate surface area is 114 Å². The minimum absolute atomic E-state index is 0.00557. The van der Waals surface area contributed by atoms with Crippen molar-refractivity contribution in [3.05, 3.63) is 39.6 Å². The maximum absolute atomic E-state index is 9.25. The van der Waals surface area contributed by atoms with Crippen LogP contribution in [-0.2, 0) is 0 Å². The topological polar surface area (TPSA) is 56.0 Å². The SMILES string of the molecule is C/C(O)=C(\C#N)C(=S)Nc1ccc(Cl)cc1Cl. The van der Waals surface area contributed by atoms with Crippen LogP contribution in [0.1, 0.15) is 6.92 Å². The molecule has 0 radical (unpaired) electrons. The van der Waals surface area contributed by atoms with Crippen molar-refractivity contribution in [2.24, 2.45) is 0 Å². The highest BCUT2D eigenvalue weighted by Gasteiger charge is 2.10. The van der Waals surface area contributed by atoms with Crippen molar-refractivity contribution in [3.63, 3.8) is 0 Å². The smallest absolute Gasteiger partial charge is 0.125 e. The number of aliphatic hydroxyl groups excluding tert-OH is 1. The number of anilines is 1. The molecule has 1 rings (SSSR count). The Morgan fingerprint density at radius 1 is 1.47 bits per heavy atom. The molecule has 88 valence electrons. The van der Waals surface area contributed by atoms with Crippen molar-refractivity contribution in [3.8, 4) is 6.07 Å². The number of nitrogens with zero attached hydrogens (tertiary/aromatic N) is 1. The van der Waals surface area contributed by atoms with Gasteiger partial charge in [-0.1, -0.05) is 35.4 Å². The number of nitrogens with one attached hydrogen (secondary N) is 1. The monoisotopic (exact) mass is 286 g/mol. The fraction of sp³-hybridized carbons (Fsp3) is 0.0909. The lowest BCUT2D eigenvalue weighted by Crippen LogP contribution is -2.12. The van der Waals surface area contributed by atoms with Gasteiger partial charge in [0, 0.05) is 5.02 Å². The van der Waals surface area contributed by atoms with Crippen LogP contribution in [0, 0.1) is 11.3 Å². The van der Waals surface area contributed by atoms with Gasteiger partial charge in [0.1, 0.15) is 22.4 Å². The summed E-state index contributed by atoms with van der Waals surface area (Å²) in [7, 11) is 0. The lowest BCUT2D eigenvalue weighted by molar-refractivity contribution is 0.412. The van der Waals surface area contributed by atoms with E-state index in [2.05, 4.69) is 5.32 Å². The Morgan fingerprint density at radius 3 is 2.59 bits per heavy atom. The van der Waals surface area contributed by atoms with E-state index in [1.54, 1.807) is 18.2 Å². The summed E-state index contributed by atoms with van der Waals surface area (Å²) in [6.45, 7) is 1.38. The first-order valence-corrected chi connectivity index (χ1v) is 5.68. The van der Waals surface area contributed by atoms with E-state index in [1.165, 1.54) is 6.92 Å². The molecule has 6 heteroatoms. The molecule has 0 aliphatic rings. The molecular weight excluding hydrogens is 279 g/mol. The van der Waals surface area contributed by atoms with Gasteiger partial charge in [-0.25, -0.2) is 0 Å². The number of benzene rings is 1. The molecule has 0 atom stereocenters. The van der Waals surface area contributed by atoms with E-state index in [4.69, 9.17) is 40.7 Å². The molecule has 3 nitrogen and oxygen atoms in total. The van der Waals surface area contributed by atoms with Crippen molar-refractivity contribution >= 4 is 46.1 Å². The number of nitriles is 1. The highest BCUT2D eigenvalue weighted by molar-refractivity contribution is 7.81. The van der Waals surface area contributed by atoms with E-state index in [0.717, 1.165) is 0 Å². The number of thiocarbonyl (C=S) groups is 1. The second-order valence-corrected chi connectivity index (χ2v) is 4.40. The second kappa shape index (κ2) is 5.87. The molecule has 0 unspecified atom stereocenters. The summed E-state index contributed by atoms with van der Waals surface area (Å²) >= 11 is 16.7. The van der Waals surface area contributed by atoms with Crippen LogP contribution in [0.5, 0.6) is 0 Å². The van der Waals surface area contributed by atoms with Crippen LogP contribution < -0.4 is 5.32 Å². The molecule has 0 spiro atoms. The maximum Gasteiger partial charge on any atom is 0.125 e. The van der Waals surface area contributed by atoms with Gasteiger partial charge in [0.25, 0.3) is 0 Å². The van der Waals surface area contributed by atoms with E-state index < -0.39 is 0 Å². The van der Waals surface area contributed by atoms with Crippen molar-refractivity contribution in [1.29, 1.82) is 5.26 Å². The quantitative estimate of drug-likeness (QED) is 0.372. The molecule has 0 aromatic heterocycles. The van der Waals surface area contributed by atoms with Crippen LogP contribution in [0.15, 0.2) is 29.5 Å². The lowest BCUT2D eigenvalue weighted by atomic mass is 10.2. The number of aliphatic hydroxyl groups is 1. The molecule has 1 aromatic rings. The zero-order valence-electron chi connectivity index (χ0n) is 8.79. The molecule has 0 saturated carbocycles. The number of hydrogen-bond acceptors (Lipinski definition) is 3. The number of rotatable bonds is 2. The molecule has 0 amide bonds. The van der Waals surface area contributed by atoms with Crippen LogP contribution in [0.25, 0.3) is 0 Å². The van der Waals surface area contributed by atoms with Crippen LogP contribution in [0.3, 0.4) is 0 Å². The van der Waals surface area contributed by atoms with Crippen LogP contribution in [-0.4, -0.2) is 10.1 Å². The van der Waals surface area contributed by atoms with Gasteiger partial charge in [-0.3, -0.25) is 0 Å². The van der Waals surface area contributed by atoms with Gasteiger partial charge in [-0.05, 0) is 25.1 Å². The van der Waals surface area contributed by atoms with E-state index in [1.807, 2.05) is 6.07 Å². The molecule has 0 saturated heterocycles. The molecule has 0 aliphatic heterocycles. The van der Waals surface area contributed by atoms with Crippen LogP contribution in [0.2, 0.25) is 10.0 Å². The standard InChI is InChI=1S/C11H8Cl2N2OS/c1-6(16)8(5-14)11(17)15-10-3-2-7(12)4-9(10)13/h2-4,16H,1H3,(H,15,17)/b8-6-. The molecule has 0 aliphatic carbocycles. The van der Waals surface area contributed by atoms with Gasteiger partial charge in [0.2, 0.25) is 0 Å². The average molecular weight is 287 g/mol. The van der Waals surface area contributed by atoms with E-state index in [0.29, 0.717) is 15.7 Å². The predicted octanol–water partition coefficient (Wildman–Crippen LogP) is 4.09. The summed E-state index contributed by atoms with van der Waals surface area (Å²) in [6, 6.07) is 6.64. The van der Waals surface area contributed by atoms with Crippen molar-refractivity contribution in [2.45, 2.75) is 6.92 Å². The fourth-order valence-corrected chi connectivity index (χ4v) is 1.83. The largest absolute Gasteiger partial charge is 0.511 e. The summed E-state index contributed by atoms with van der Waals surface area (Å²) in [5, 5.41) is 21.7. The first kappa shape index (κ1) is 13.8. The summed E-state index contributed by atoms with van der Waals surface area (Å²) < 4.78 is 0. The molecule has 1 aromatic carbocycles. The van der Waals surface area contributed by atoms with Gasteiger partial charge >= 0.3 is 0 Å². The normalized spacial score (nSPS) is 11.4. The fourth-order valence-electron chi connectivity index (χ4n) is 1.07. The van der Waals surface area contributed by atoms with Crippen molar-refractivity contribution in [2.75, 3.05) is 5.32 Å². The van der Waals surface area contributed by atoms with E-state index in [9.17, 15) is 5.11 Å². The number of hydrogen-bond donors (Lipinski definition) is 2. The molecule has 17 heavy (non-hydrogen) atoms. The summed E-state index contributed by atoms with van der Waals surface area (Å²) in [4.78, 5) is 0.108. The van der Waals surface area contributed by atoms with E-state index >= 15 is 0 Å². The van der Waals surface area contributed by atoms with Crippen LogP contribution >= 0.6 is 35.4 Å². The van der Waals surface area contributed by atoms with Gasteiger partial charge in [0.05, 0.1) is 10.7 Å². The molecular formula is C11H8Cl2N2OS. The Bertz CT molecular complexity index is 531. The summed E-state index contributed by atoms with van der Waals surface area (Å²) in [5.74, 6) is -0.143.